The molecule has 6 nitrogen and oxygen atoms in total. The van der Waals surface area contributed by atoms with E-state index in [1.165, 1.54) is 77.0 Å². The van der Waals surface area contributed by atoms with Gasteiger partial charge in [-0.1, -0.05) is 146 Å². The van der Waals surface area contributed by atoms with Crippen LogP contribution in [-0.2, 0) is 19.1 Å². The van der Waals surface area contributed by atoms with Crippen molar-refractivity contribution < 1.29 is 24.2 Å². The van der Waals surface area contributed by atoms with Crippen molar-refractivity contribution in [1.82, 2.24) is 5.32 Å². The van der Waals surface area contributed by atoms with Crippen LogP contribution in [0.5, 0.6) is 0 Å². The lowest BCUT2D eigenvalue weighted by Crippen LogP contribution is -2.28. The quantitative estimate of drug-likeness (QED) is 0.0439. The van der Waals surface area contributed by atoms with E-state index in [1.54, 1.807) is 0 Å². The van der Waals surface area contributed by atoms with Gasteiger partial charge in [0.05, 0.1) is 0 Å². The summed E-state index contributed by atoms with van der Waals surface area (Å²) < 4.78 is 5.84. The van der Waals surface area contributed by atoms with Crippen molar-refractivity contribution >= 4 is 17.8 Å². The van der Waals surface area contributed by atoms with Crippen LogP contribution < -0.4 is 5.32 Å². The van der Waals surface area contributed by atoms with Crippen LogP contribution in [0.4, 0.5) is 0 Å². The molecule has 0 fully saturated rings. The van der Waals surface area contributed by atoms with Crippen LogP contribution in [0.2, 0.25) is 0 Å². The van der Waals surface area contributed by atoms with E-state index in [2.05, 4.69) is 61.7 Å². The number of amides is 1. The molecule has 2 N–H and O–H groups in total. The molecule has 0 saturated heterocycles. The molecule has 0 saturated carbocycles. The molecule has 6 heteroatoms. The molecule has 0 aromatic rings. The Morgan fingerprint density at radius 3 is 1.60 bits per heavy atom. The predicted molar refractivity (Wildman–Crippen MR) is 189 cm³/mol. The highest BCUT2D eigenvalue weighted by Gasteiger charge is 2.12. The summed E-state index contributed by atoms with van der Waals surface area (Å²) in [5, 5.41) is 11.1. The Hall–Kier alpha value is -2.63. The van der Waals surface area contributed by atoms with E-state index in [0.29, 0.717) is 19.3 Å². The van der Waals surface area contributed by atoms with Crippen molar-refractivity contribution in [3.63, 3.8) is 0 Å². The zero-order valence-electron chi connectivity index (χ0n) is 29.0. The van der Waals surface area contributed by atoms with Crippen molar-refractivity contribution in [2.24, 2.45) is 0 Å². The van der Waals surface area contributed by atoms with E-state index >= 15 is 0 Å². The fourth-order valence-corrected chi connectivity index (χ4v) is 5.07. The zero-order valence-corrected chi connectivity index (χ0v) is 29.0. The third-order valence-electron chi connectivity index (χ3n) is 7.75. The largest absolute Gasteiger partial charge is 0.480 e. The number of carbonyl (C=O) groups is 3. The van der Waals surface area contributed by atoms with Gasteiger partial charge >= 0.3 is 11.9 Å². The highest BCUT2D eigenvalue weighted by atomic mass is 16.5. The smallest absolute Gasteiger partial charge is 0.322 e. The van der Waals surface area contributed by atoms with Crippen LogP contribution in [0.25, 0.3) is 0 Å². The Balaban J connectivity index is 4.29. The number of rotatable bonds is 32. The number of esters is 1. The zero-order chi connectivity index (χ0) is 33.1. The van der Waals surface area contributed by atoms with Crippen LogP contribution in [-0.4, -0.2) is 35.6 Å². The molecule has 1 amide bonds. The molecular weight excluding hydrogens is 562 g/mol. The van der Waals surface area contributed by atoms with Gasteiger partial charge in [-0.15, -0.1) is 0 Å². The molecule has 45 heavy (non-hydrogen) atoms. The predicted octanol–water partition coefficient (Wildman–Crippen LogP) is 10.7. The number of hydrogen-bond acceptors (Lipinski definition) is 4. The summed E-state index contributed by atoms with van der Waals surface area (Å²) in [7, 11) is 0. The second-order valence-electron chi connectivity index (χ2n) is 12.1. The Morgan fingerprint density at radius 1 is 0.600 bits per heavy atom. The summed E-state index contributed by atoms with van der Waals surface area (Å²) >= 11 is 0. The van der Waals surface area contributed by atoms with E-state index in [0.717, 1.165) is 57.8 Å². The van der Waals surface area contributed by atoms with Crippen LogP contribution in [0.1, 0.15) is 168 Å². The van der Waals surface area contributed by atoms with E-state index in [-0.39, 0.29) is 24.5 Å². The first-order chi connectivity index (χ1) is 22.0. The van der Waals surface area contributed by atoms with Crippen molar-refractivity contribution in [1.29, 1.82) is 0 Å². The number of carboxylic acids is 1. The van der Waals surface area contributed by atoms with Crippen LogP contribution in [0.15, 0.2) is 48.6 Å². The Bertz CT molecular complexity index is 829. The molecule has 0 heterocycles. The molecule has 0 aromatic heterocycles. The third kappa shape index (κ3) is 34.1. The standard InChI is InChI=1S/C39H67NO5/c1-3-5-7-9-11-13-15-16-17-19-21-23-25-30-34-39(44)45-36(32-28-26-29-33-37(41)40-35-38(42)43)31-27-24-22-20-18-14-12-10-8-6-4-2/h6,8,12,14,20,22,27,31,36H,3-5,7,9-11,13,15-19,21,23-26,28-30,32-35H2,1-2H3,(H,40,41)(H,42,43)/b8-6-,14-12-,22-20-,31-27-. The number of hydrogen-bond donors (Lipinski definition) is 2. The van der Waals surface area contributed by atoms with Gasteiger partial charge in [-0.3, -0.25) is 14.4 Å². The average molecular weight is 630 g/mol. The maximum Gasteiger partial charge on any atom is 0.322 e. The lowest BCUT2D eigenvalue weighted by Gasteiger charge is -2.14. The maximum atomic E-state index is 12.6. The summed E-state index contributed by atoms with van der Waals surface area (Å²) in [6, 6.07) is 0. The van der Waals surface area contributed by atoms with Crippen LogP contribution in [0, 0.1) is 0 Å². The van der Waals surface area contributed by atoms with Gasteiger partial charge in [0.15, 0.2) is 0 Å². The minimum absolute atomic E-state index is 0.130. The van der Waals surface area contributed by atoms with E-state index < -0.39 is 5.97 Å². The fraction of sp³-hybridized carbons (Fsp3) is 0.718. The fourth-order valence-electron chi connectivity index (χ4n) is 5.07. The van der Waals surface area contributed by atoms with Crippen LogP contribution >= 0.6 is 0 Å². The first kappa shape index (κ1) is 42.4. The summed E-state index contributed by atoms with van der Waals surface area (Å²) in [6.45, 7) is 4.06. The number of unbranched alkanes of at least 4 members (excludes halogenated alkanes) is 15. The summed E-state index contributed by atoms with van der Waals surface area (Å²) in [5.74, 6) is -1.41. The molecule has 0 aliphatic rings. The molecule has 1 atom stereocenters. The van der Waals surface area contributed by atoms with Gasteiger partial charge in [-0.05, 0) is 57.4 Å². The Kier molecular flexibility index (Phi) is 32.2. The number of ether oxygens (including phenoxy) is 1. The van der Waals surface area contributed by atoms with Gasteiger partial charge in [-0.2, -0.15) is 0 Å². The minimum Gasteiger partial charge on any atom is -0.480 e. The van der Waals surface area contributed by atoms with Gasteiger partial charge in [0.1, 0.15) is 12.6 Å². The number of aliphatic carboxylic acids is 1. The number of allylic oxidation sites excluding steroid dienone is 7. The van der Waals surface area contributed by atoms with E-state index in [4.69, 9.17) is 9.84 Å². The van der Waals surface area contributed by atoms with Crippen LogP contribution in [0.3, 0.4) is 0 Å². The average Bonchev–Trinajstić information content (AvgIpc) is 3.02. The Labute approximate surface area is 276 Å². The van der Waals surface area contributed by atoms with Gasteiger partial charge in [0.2, 0.25) is 5.91 Å². The van der Waals surface area contributed by atoms with Crippen molar-refractivity contribution in [3.8, 4) is 0 Å². The van der Waals surface area contributed by atoms with Gasteiger partial charge in [-0.25, -0.2) is 0 Å². The lowest BCUT2D eigenvalue weighted by molar-refractivity contribution is -0.147. The molecule has 0 aromatic carbocycles. The molecule has 0 aliphatic heterocycles. The maximum absolute atomic E-state index is 12.6. The molecule has 0 radical (unpaired) electrons. The van der Waals surface area contributed by atoms with Gasteiger partial charge in [0, 0.05) is 12.8 Å². The highest BCUT2D eigenvalue weighted by molar-refractivity contribution is 5.80. The molecule has 0 aliphatic carbocycles. The van der Waals surface area contributed by atoms with Crippen molar-refractivity contribution in [2.75, 3.05) is 6.54 Å². The summed E-state index contributed by atoms with van der Waals surface area (Å²) in [6.07, 6.45) is 42.4. The molecule has 0 spiro atoms. The second-order valence-corrected chi connectivity index (χ2v) is 12.1. The van der Waals surface area contributed by atoms with E-state index in [1.807, 2.05) is 6.08 Å². The summed E-state index contributed by atoms with van der Waals surface area (Å²) in [5.41, 5.74) is 0. The number of carboxylic acid groups (broad SMARTS) is 1. The molecular formula is C39H67NO5. The lowest BCUT2D eigenvalue weighted by atomic mass is 10.0. The summed E-state index contributed by atoms with van der Waals surface area (Å²) in [4.78, 5) is 34.9. The van der Waals surface area contributed by atoms with E-state index in [9.17, 15) is 14.4 Å². The topological polar surface area (TPSA) is 92.7 Å². The first-order valence-electron chi connectivity index (χ1n) is 18.3. The first-order valence-corrected chi connectivity index (χ1v) is 18.3. The van der Waals surface area contributed by atoms with Gasteiger partial charge < -0.3 is 15.2 Å². The molecule has 0 bridgehead atoms. The molecule has 0 rings (SSSR count). The Morgan fingerprint density at radius 2 is 1.07 bits per heavy atom. The second kappa shape index (κ2) is 34.2. The molecule has 258 valence electrons. The monoisotopic (exact) mass is 630 g/mol. The van der Waals surface area contributed by atoms with Gasteiger partial charge in [0.25, 0.3) is 0 Å². The number of carbonyl (C=O) groups excluding carboxylic acids is 2. The number of nitrogens with one attached hydrogen (secondary N) is 1. The normalized spacial score (nSPS) is 12.6. The minimum atomic E-state index is -1.04. The SMILES string of the molecule is CC/C=C\C/C=C\C/C=C\C/C=C\C(CCCCCC(=O)NCC(=O)O)OC(=O)CCCCCCCCCCCCCCCC. The highest BCUT2D eigenvalue weighted by Crippen LogP contribution is 2.15. The van der Waals surface area contributed by atoms with Crippen molar-refractivity contribution in [2.45, 2.75) is 174 Å². The molecule has 1 unspecified atom stereocenters. The van der Waals surface area contributed by atoms with Crippen molar-refractivity contribution in [3.05, 3.63) is 48.6 Å². The third-order valence-corrected chi connectivity index (χ3v) is 7.75.